The Morgan fingerprint density at radius 3 is 2.74 bits per heavy atom. The number of piperazine rings is 1. The van der Waals surface area contributed by atoms with Crippen LogP contribution in [0.1, 0.15) is 18.9 Å². The van der Waals surface area contributed by atoms with Crippen molar-refractivity contribution in [1.29, 1.82) is 5.26 Å². The van der Waals surface area contributed by atoms with Gasteiger partial charge in [0.05, 0.1) is 11.1 Å². The lowest BCUT2D eigenvalue weighted by Gasteiger charge is -2.46. The molecule has 2 aliphatic rings. The first-order valence-electron chi connectivity index (χ1n) is 8.77. The molecule has 2 aliphatic heterocycles. The molecule has 0 amide bonds. The van der Waals surface area contributed by atoms with Crippen LogP contribution in [0.25, 0.3) is 10.9 Å². The average Bonchev–Trinajstić information content (AvgIpc) is 2.86. The molecule has 0 saturated carbocycles. The van der Waals surface area contributed by atoms with Crippen LogP contribution in [0.4, 0.5) is 5.69 Å². The zero-order valence-corrected chi connectivity index (χ0v) is 17.7. The van der Waals surface area contributed by atoms with Gasteiger partial charge in [0, 0.05) is 55.5 Å². The van der Waals surface area contributed by atoms with Crippen LogP contribution in [0.15, 0.2) is 30.5 Å². The second kappa shape index (κ2) is 10.3. The Morgan fingerprint density at radius 1 is 1.15 bits per heavy atom. The SMILES string of the molecule is C[C@@H]1CN(c2ccc(C#N)c3ncccc23)C[C@@H]2CCNCCN21.Cl.Cl.Cl. The molecule has 5 nitrogen and oxygen atoms in total. The monoisotopic (exact) mass is 429 g/mol. The van der Waals surface area contributed by atoms with E-state index in [-0.39, 0.29) is 37.2 Å². The topological polar surface area (TPSA) is 55.2 Å². The van der Waals surface area contributed by atoms with Crippen LogP contribution in [0.5, 0.6) is 0 Å². The molecule has 8 heteroatoms. The molecule has 0 unspecified atom stereocenters. The van der Waals surface area contributed by atoms with Gasteiger partial charge in [0.2, 0.25) is 0 Å². The van der Waals surface area contributed by atoms with Gasteiger partial charge >= 0.3 is 0 Å². The third kappa shape index (κ3) is 4.59. The molecular weight excluding hydrogens is 405 g/mol. The third-order valence-electron chi connectivity index (χ3n) is 5.36. The smallest absolute Gasteiger partial charge is 0.101 e. The number of nitriles is 1. The van der Waals surface area contributed by atoms with Crippen LogP contribution in [0.2, 0.25) is 0 Å². The third-order valence-corrected chi connectivity index (χ3v) is 5.36. The number of nitrogens with one attached hydrogen (secondary N) is 1. The van der Waals surface area contributed by atoms with Crippen molar-refractivity contribution in [3.8, 4) is 6.07 Å². The summed E-state index contributed by atoms with van der Waals surface area (Å²) in [5, 5.41) is 14.0. The second-order valence-corrected chi connectivity index (χ2v) is 6.83. The number of hydrogen-bond acceptors (Lipinski definition) is 5. The van der Waals surface area contributed by atoms with Crippen molar-refractivity contribution in [3.05, 3.63) is 36.0 Å². The molecule has 2 aromatic rings. The minimum absolute atomic E-state index is 0. The number of aromatic nitrogens is 1. The largest absolute Gasteiger partial charge is 0.368 e. The molecule has 2 fully saturated rings. The summed E-state index contributed by atoms with van der Waals surface area (Å²) in [5.41, 5.74) is 2.68. The number of nitrogens with zero attached hydrogens (tertiary/aromatic N) is 4. The lowest BCUT2D eigenvalue weighted by molar-refractivity contribution is 0.130. The molecule has 3 heterocycles. The van der Waals surface area contributed by atoms with Crippen LogP contribution in [0, 0.1) is 11.3 Å². The van der Waals surface area contributed by atoms with Crippen LogP contribution >= 0.6 is 37.2 Å². The van der Waals surface area contributed by atoms with E-state index < -0.39 is 0 Å². The van der Waals surface area contributed by atoms with E-state index in [2.05, 4.69) is 45.2 Å². The predicted octanol–water partition coefficient (Wildman–Crippen LogP) is 3.24. The average molecular weight is 431 g/mol. The maximum atomic E-state index is 9.35. The normalized spacial score (nSPS) is 22.3. The molecule has 2 atom stereocenters. The van der Waals surface area contributed by atoms with E-state index >= 15 is 0 Å². The fourth-order valence-corrected chi connectivity index (χ4v) is 4.20. The van der Waals surface area contributed by atoms with Gasteiger partial charge in [-0.05, 0) is 44.2 Å². The van der Waals surface area contributed by atoms with E-state index in [1.165, 1.54) is 12.1 Å². The van der Waals surface area contributed by atoms with Crippen molar-refractivity contribution in [2.24, 2.45) is 0 Å². The van der Waals surface area contributed by atoms with Crippen LogP contribution in [-0.4, -0.2) is 54.7 Å². The predicted molar refractivity (Wildman–Crippen MR) is 118 cm³/mol. The summed E-state index contributed by atoms with van der Waals surface area (Å²) in [6, 6.07) is 11.4. The maximum Gasteiger partial charge on any atom is 0.101 e. The van der Waals surface area contributed by atoms with Gasteiger partial charge in [-0.3, -0.25) is 9.88 Å². The Kier molecular flexibility index (Phi) is 9.07. The van der Waals surface area contributed by atoms with Gasteiger partial charge < -0.3 is 10.2 Å². The molecule has 0 aliphatic carbocycles. The first-order valence-corrected chi connectivity index (χ1v) is 8.77. The summed E-state index contributed by atoms with van der Waals surface area (Å²) < 4.78 is 0. The van der Waals surface area contributed by atoms with E-state index in [1.807, 2.05) is 12.1 Å². The molecule has 27 heavy (non-hydrogen) atoms. The van der Waals surface area contributed by atoms with Gasteiger partial charge in [0.25, 0.3) is 0 Å². The van der Waals surface area contributed by atoms with Crippen molar-refractivity contribution in [1.82, 2.24) is 15.2 Å². The highest BCUT2D eigenvalue weighted by Gasteiger charge is 2.33. The summed E-state index contributed by atoms with van der Waals surface area (Å²) in [4.78, 5) is 9.60. The summed E-state index contributed by atoms with van der Waals surface area (Å²) in [7, 11) is 0. The molecular formula is C19H26Cl3N5. The molecule has 1 aromatic carbocycles. The standard InChI is InChI=1S/C19H23N5.3ClH/c1-14-12-23(13-16-6-8-21-9-10-24(14)16)18-5-4-15(11-20)19-17(18)3-2-7-22-19;;;/h2-5,7,14,16,21H,6,8-10,12-13H2,1H3;3*1H/t14-,16+;;;/m1.../s1. The Hall–Kier alpha value is -1.29. The van der Waals surface area contributed by atoms with Crippen molar-refractivity contribution in [2.45, 2.75) is 25.4 Å². The Balaban J connectivity index is 0.00000121. The zero-order valence-electron chi connectivity index (χ0n) is 15.3. The van der Waals surface area contributed by atoms with Gasteiger partial charge in [-0.25, -0.2) is 0 Å². The molecule has 0 spiro atoms. The Bertz CT molecular complexity index is 794. The number of benzene rings is 1. The number of fused-ring (bicyclic) bond motifs is 2. The van der Waals surface area contributed by atoms with Crippen molar-refractivity contribution >= 4 is 53.8 Å². The minimum Gasteiger partial charge on any atom is -0.368 e. The summed E-state index contributed by atoms with van der Waals surface area (Å²) in [5.74, 6) is 0. The maximum absolute atomic E-state index is 9.35. The van der Waals surface area contributed by atoms with Crippen molar-refractivity contribution in [2.75, 3.05) is 37.6 Å². The van der Waals surface area contributed by atoms with E-state index in [9.17, 15) is 5.26 Å². The zero-order chi connectivity index (χ0) is 16.5. The Morgan fingerprint density at radius 2 is 1.96 bits per heavy atom. The molecule has 0 bridgehead atoms. The highest BCUT2D eigenvalue weighted by molar-refractivity contribution is 5.95. The number of hydrogen-bond donors (Lipinski definition) is 1. The van der Waals surface area contributed by atoms with E-state index in [4.69, 9.17) is 0 Å². The number of pyridine rings is 1. The minimum atomic E-state index is 0. The van der Waals surface area contributed by atoms with Gasteiger partial charge in [0.1, 0.15) is 6.07 Å². The van der Waals surface area contributed by atoms with Gasteiger partial charge in [-0.2, -0.15) is 5.26 Å². The van der Waals surface area contributed by atoms with Gasteiger partial charge in [-0.15, -0.1) is 37.2 Å². The van der Waals surface area contributed by atoms with E-state index in [0.717, 1.165) is 43.6 Å². The van der Waals surface area contributed by atoms with Crippen LogP contribution < -0.4 is 10.2 Å². The lowest BCUT2D eigenvalue weighted by atomic mass is 10.0. The number of anilines is 1. The van der Waals surface area contributed by atoms with E-state index in [1.54, 1.807) is 6.20 Å². The fourth-order valence-electron chi connectivity index (χ4n) is 4.20. The highest BCUT2D eigenvalue weighted by atomic mass is 35.5. The van der Waals surface area contributed by atoms with Crippen molar-refractivity contribution in [3.63, 3.8) is 0 Å². The first-order chi connectivity index (χ1) is 11.8. The number of halogens is 3. The summed E-state index contributed by atoms with van der Waals surface area (Å²) in [6.45, 7) is 7.71. The van der Waals surface area contributed by atoms with Gasteiger partial charge in [0.15, 0.2) is 0 Å². The van der Waals surface area contributed by atoms with E-state index in [0.29, 0.717) is 17.6 Å². The molecule has 2 saturated heterocycles. The van der Waals surface area contributed by atoms with Crippen LogP contribution in [-0.2, 0) is 0 Å². The quantitative estimate of drug-likeness (QED) is 0.752. The van der Waals surface area contributed by atoms with Crippen molar-refractivity contribution < 1.29 is 0 Å². The molecule has 148 valence electrons. The molecule has 0 radical (unpaired) electrons. The second-order valence-electron chi connectivity index (χ2n) is 6.83. The fraction of sp³-hybridized carbons (Fsp3) is 0.474. The molecule has 4 rings (SSSR count). The number of rotatable bonds is 1. The van der Waals surface area contributed by atoms with Crippen LogP contribution in [0.3, 0.4) is 0 Å². The molecule has 1 N–H and O–H groups in total. The van der Waals surface area contributed by atoms with Gasteiger partial charge in [-0.1, -0.05) is 0 Å². The molecule has 1 aromatic heterocycles. The first kappa shape index (κ1) is 23.7. The summed E-state index contributed by atoms with van der Waals surface area (Å²) in [6.07, 6.45) is 2.96. The Labute approximate surface area is 179 Å². The summed E-state index contributed by atoms with van der Waals surface area (Å²) >= 11 is 0. The lowest BCUT2D eigenvalue weighted by Crippen LogP contribution is -2.58. The highest BCUT2D eigenvalue weighted by Crippen LogP contribution is 2.31.